The zero-order valence-corrected chi connectivity index (χ0v) is 15.6. The summed E-state index contributed by atoms with van der Waals surface area (Å²) in [4.78, 5) is 12.7. The van der Waals surface area contributed by atoms with Gasteiger partial charge in [0.2, 0.25) is 0 Å². The Morgan fingerprint density at radius 2 is 1.54 bits per heavy atom. The van der Waals surface area contributed by atoms with Crippen molar-refractivity contribution < 1.29 is 13.0 Å². The zero-order valence-electron chi connectivity index (χ0n) is 13.5. The molecule has 0 aliphatic heterocycles. The van der Waals surface area contributed by atoms with Crippen LogP contribution in [0.15, 0.2) is 54.6 Å². The molecule has 0 amide bonds. The van der Waals surface area contributed by atoms with Crippen LogP contribution in [0.2, 0.25) is 0 Å². The second kappa shape index (κ2) is 7.76. The van der Waals surface area contributed by atoms with Crippen LogP contribution in [0.4, 0.5) is 0 Å². The summed E-state index contributed by atoms with van der Waals surface area (Å²) in [7, 11) is 0. The lowest BCUT2D eigenvalue weighted by atomic mass is 9.79. The van der Waals surface area contributed by atoms with Crippen LogP contribution in [0.5, 0.6) is 0 Å². The number of hydrogen-bond acceptors (Lipinski definition) is 3. The number of halogens is 1. The molecule has 1 N–H and O–H groups in total. The number of aliphatic hydroxyl groups is 1. The lowest BCUT2D eigenvalue weighted by Crippen LogP contribution is -2.40. The van der Waals surface area contributed by atoms with Gasteiger partial charge < -0.3 is 8.17 Å². The van der Waals surface area contributed by atoms with Crippen LogP contribution in [0.3, 0.4) is 0 Å². The van der Waals surface area contributed by atoms with E-state index in [4.69, 9.17) is 3.07 Å². The Labute approximate surface area is 156 Å². The minimum Gasteiger partial charge on any atom is -0.382 e. The highest BCUT2D eigenvalue weighted by molar-refractivity contribution is 14.1. The number of carbonyl (C=O) groups excluding carboxylic acids is 1. The number of Topliss-reactive ketones (excluding diaryl/α,β-unsaturated/α-hetero) is 1. The Morgan fingerprint density at radius 3 is 2.12 bits per heavy atom. The van der Waals surface area contributed by atoms with Gasteiger partial charge in [-0.15, -0.1) is 0 Å². The van der Waals surface area contributed by atoms with Gasteiger partial charge in [-0.3, -0.25) is 4.79 Å². The van der Waals surface area contributed by atoms with Crippen molar-refractivity contribution >= 4 is 28.8 Å². The first-order chi connectivity index (χ1) is 11.6. The van der Waals surface area contributed by atoms with Crippen molar-refractivity contribution in [3.63, 3.8) is 0 Å². The van der Waals surface area contributed by atoms with E-state index in [0.29, 0.717) is 18.4 Å². The highest BCUT2D eigenvalue weighted by atomic mass is 127. The number of ketones is 1. The fraction of sp³-hybridized carbons (Fsp3) is 0.350. The van der Waals surface area contributed by atoms with Crippen molar-refractivity contribution in [1.82, 2.24) is 0 Å². The molecule has 0 bridgehead atoms. The zero-order chi connectivity index (χ0) is 17.0. The maximum absolute atomic E-state index is 12.7. The van der Waals surface area contributed by atoms with Gasteiger partial charge in [-0.05, 0) is 24.0 Å². The Morgan fingerprint density at radius 1 is 0.958 bits per heavy atom. The summed E-state index contributed by atoms with van der Waals surface area (Å²) in [5.74, 6) is -0.152. The Bertz CT molecular complexity index is 676. The van der Waals surface area contributed by atoms with Gasteiger partial charge in [0.25, 0.3) is 0 Å². The fourth-order valence-corrected chi connectivity index (χ4v) is 3.95. The van der Waals surface area contributed by atoms with Crippen LogP contribution in [0, 0.1) is 0 Å². The molecule has 0 saturated heterocycles. The minimum atomic E-state index is -1.18. The second-order valence-corrected chi connectivity index (χ2v) is 6.93. The molecular formula is C20H21IO3. The van der Waals surface area contributed by atoms with Gasteiger partial charge in [0, 0.05) is 5.56 Å². The second-order valence-electron chi connectivity index (χ2n) is 6.42. The molecule has 1 unspecified atom stereocenters. The van der Waals surface area contributed by atoms with Crippen LogP contribution >= 0.6 is 23.0 Å². The average molecular weight is 436 g/mol. The van der Waals surface area contributed by atoms with Gasteiger partial charge in [-0.1, -0.05) is 73.9 Å². The Balaban J connectivity index is 1.81. The smallest absolute Gasteiger partial charge is 0.194 e. The average Bonchev–Trinajstić information content (AvgIpc) is 2.64. The molecule has 1 fully saturated rings. The van der Waals surface area contributed by atoms with E-state index in [1.807, 2.05) is 65.5 Å². The quantitative estimate of drug-likeness (QED) is 0.529. The molecule has 3 rings (SSSR count). The molecule has 0 spiro atoms. The van der Waals surface area contributed by atoms with Crippen molar-refractivity contribution in [3.8, 4) is 0 Å². The first kappa shape index (κ1) is 17.6. The van der Waals surface area contributed by atoms with E-state index < -0.39 is 5.60 Å². The van der Waals surface area contributed by atoms with E-state index in [1.165, 1.54) is 0 Å². The third-order valence-corrected chi connectivity index (χ3v) is 5.28. The van der Waals surface area contributed by atoms with E-state index in [1.54, 1.807) is 12.1 Å². The first-order valence-corrected chi connectivity index (χ1v) is 9.22. The molecule has 1 atom stereocenters. The lowest BCUT2D eigenvalue weighted by Gasteiger charge is -2.30. The van der Waals surface area contributed by atoms with E-state index in [-0.39, 0.29) is 11.9 Å². The van der Waals surface area contributed by atoms with Crippen molar-refractivity contribution in [2.75, 3.05) is 0 Å². The summed E-state index contributed by atoms with van der Waals surface area (Å²) < 4.78 is 5.59. The van der Waals surface area contributed by atoms with Crippen molar-refractivity contribution in [1.29, 1.82) is 0 Å². The standard InChI is InChI=1S/C20H21IO3/c21-24-18(15-7-3-1-4-8-15)16-9-11-17(12-10-16)19(22)20(23)13-5-2-6-14-20/h1,3-4,7-12,18,23H,2,5-6,13-14H2. The molecule has 0 radical (unpaired) electrons. The summed E-state index contributed by atoms with van der Waals surface area (Å²) >= 11 is 1.91. The van der Waals surface area contributed by atoms with Gasteiger partial charge in [0.15, 0.2) is 5.78 Å². The van der Waals surface area contributed by atoms with Crippen molar-refractivity contribution in [2.45, 2.75) is 43.8 Å². The molecule has 2 aromatic carbocycles. The molecule has 1 saturated carbocycles. The summed E-state index contributed by atoms with van der Waals surface area (Å²) in [6.45, 7) is 0. The molecule has 2 aromatic rings. The van der Waals surface area contributed by atoms with E-state index in [2.05, 4.69) is 0 Å². The Hall–Kier alpha value is -1.24. The maximum atomic E-state index is 12.7. The summed E-state index contributed by atoms with van der Waals surface area (Å²) in [5, 5.41) is 10.6. The van der Waals surface area contributed by atoms with Crippen LogP contribution in [0.25, 0.3) is 0 Å². The maximum Gasteiger partial charge on any atom is 0.194 e. The Kier molecular flexibility index (Phi) is 5.69. The normalized spacial score (nSPS) is 18.1. The number of carbonyl (C=O) groups is 1. The van der Waals surface area contributed by atoms with Gasteiger partial charge in [0.05, 0.1) is 0 Å². The van der Waals surface area contributed by atoms with E-state index in [9.17, 15) is 9.90 Å². The fourth-order valence-electron chi connectivity index (χ4n) is 3.36. The summed E-state index contributed by atoms with van der Waals surface area (Å²) in [6.07, 6.45) is 3.89. The van der Waals surface area contributed by atoms with Crippen molar-refractivity contribution in [2.24, 2.45) is 0 Å². The van der Waals surface area contributed by atoms with E-state index in [0.717, 1.165) is 30.4 Å². The molecule has 0 aromatic heterocycles. The molecule has 1 aliphatic rings. The summed E-state index contributed by atoms with van der Waals surface area (Å²) in [6, 6.07) is 17.4. The highest BCUT2D eigenvalue weighted by Crippen LogP contribution is 2.32. The third kappa shape index (κ3) is 3.71. The third-order valence-electron chi connectivity index (χ3n) is 4.77. The molecule has 126 valence electrons. The van der Waals surface area contributed by atoms with Gasteiger partial charge in [-0.2, -0.15) is 0 Å². The van der Waals surface area contributed by atoms with Gasteiger partial charge >= 0.3 is 0 Å². The van der Waals surface area contributed by atoms with Crippen molar-refractivity contribution in [3.05, 3.63) is 71.3 Å². The van der Waals surface area contributed by atoms with Crippen LogP contribution in [-0.4, -0.2) is 16.5 Å². The summed E-state index contributed by atoms with van der Waals surface area (Å²) in [5.41, 5.74) is 1.45. The molecule has 3 nitrogen and oxygen atoms in total. The number of benzene rings is 2. The number of rotatable bonds is 5. The van der Waals surface area contributed by atoms with E-state index >= 15 is 0 Å². The predicted molar refractivity (Wildman–Crippen MR) is 102 cm³/mol. The number of hydrogen-bond donors (Lipinski definition) is 1. The minimum absolute atomic E-state index is 0.152. The topological polar surface area (TPSA) is 46.5 Å². The molecule has 1 aliphatic carbocycles. The van der Waals surface area contributed by atoms with Crippen LogP contribution in [-0.2, 0) is 3.07 Å². The lowest BCUT2D eigenvalue weighted by molar-refractivity contribution is 0.0116. The predicted octanol–water partition coefficient (Wildman–Crippen LogP) is 5.02. The molecule has 24 heavy (non-hydrogen) atoms. The molecule has 0 heterocycles. The monoisotopic (exact) mass is 436 g/mol. The van der Waals surface area contributed by atoms with Gasteiger partial charge in [-0.25, -0.2) is 0 Å². The molecule has 4 heteroatoms. The SMILES string of the molecule is O=C(c1ccc(C(OI)c2ccccc2)cc1)C1(O)CCCCC1. The van der Waals surface area contributed by atoms with Crippen LogP contribution < -0.4 is 0 Å². The van der Waals surface area contributed by atoms with Crippen LogP contribution in [0.1, 0.15) is 59.7 Å². The van der Waals surface area contributed by atoms with Gasteiger partial charge in [0.1, 0.15) is 34.7 Å². The first-order valence-electron chi connectivity index (χ1n) is 8.33. The molecular weight excluding hydrogens is 415 g/mol. The highest BCUT2D eigenvalue weighted by Gasteiger charge is 2.37. The largest absolute Gasteiger partial charge is 0.382 e.